The molecule has 0 fully saturated rings. The normalized spacial score (nSPS) is 11.7. The van der Waals surface area contributed by atoms with Crippen LogP contribution in [0, 0.1) is 118 Å². The number of pyridine rings is 1. The van der Waals surface area contributed by atoms with Crippen molar-refractivity contribution < 1.29 is 80.6 Å². The molecule has 1 aliphatic heterocycles. The zero-order chi connectivity index (χ0) is 51.8. The molecule has 9 rings (SSSR count). The predicted molar refractivity (Wildman–Crippen MR) is 216 cm³/mol. The molecule has 8 aromatic rings. The van der Waals surface area contributed by atoms with E-state index in [0.29, 0.717) is 12.1 Å². The first kappa shape index (κ1) is 51.4. The summed E-state index contributed by atoms with van der Waals surface area (Å²) in [6, 6.07) is 6.76. The van der Waals surface area contributed by atoms with Crippen LogP contribution in [0.15, 0.2) is 48.8 Å². The van der Waals surface area contributed by atoms with Gasteiger partial charge in [0.05, 0.1) is 31.5 Å². The number of hydrogen-bond acceptors (Lipinski definition) is 8. The smallest absolute Gasteiger partial charge is 0.657 e. The molecule has 0 atom stereocenters. The van der Waals surface area contributed by atoms with Crippen molar-refractivity contribution in [3.63, 3.8) is 0 Å². The Morgan fingerprint density at radius 1 is 0.403 bits per heavy atom. The van der Waals surface area contributed by atoms with Crippen LogP contribution < -0.4 is 15.0 Å². The van der Waals surface area contributed by atoms with Gasteiger partial charge in [-0.1, -0.05) is 23.7 Å². The first-order chi connectivity index (χ1) is 33.5. The number of nitrogens with zero attached hydrogens (tertiary/aromatic N) is 8. The third-order valence-electron chi connectivity index (χ3n) is 10.5. The number of nitro groups is 3. The zero-order valence-electron chi connectivity index (χ0n) is 34.3. The van der Waals surface area contributed by atoms with Crippen molar-refractivity contribution in [2.45, 2.75) is 12.8 Å². The third-order valence-corrected chi connectivity index (χ3v) is 10.5. The standard InChI is InChI=1S/C37H7F15N7O6.C5H5N.Ga/c38-18-15(19(39)25(45)30(50)24(18)44)12-6-1-3-8(53-6)13(16-20(40)26(46)31(51)27(47)21(16)41)34-11(57(60)61)5-10(55-34)33-36(58(62)63)37(59(64)65)35(56-33)14(9-4-2-7(12)54-9)17-22(42)28(48)32(52)29(49)23(17)43;1-2-4-6-5-3-1;/h1,3,5H,2,4H2;1-5H;/q-3;;+3. The average molecular weight is 1080 g/mol. The minimum Gasteiger partial charge on any atom is -0.657 e. The minimum atomic E-state index is -2.84. The van der Waals surface area contributed by atoms with Crippen LogP contribution in [0.3, 0.4) is 0 Å². The topological polar surface area (TPSA) is 198 Å². The summed E-state index contributed by atoms with van der Waals surface area (Å²) in [5.74, 6) is -41.4. The number of rotatable bonds is 6. The van der Waals surface area contributed by atoms with Crippen molar-refractivity contribution in [2.24, 2.45) is 0 Å². The van der Waals surface area contributed by atoms with E-state index in [2.05, 4.69) is 24.9 Å². The van der Waals surface area contributed by atoms with Crippen LogP contribution in [0.1, 0.15) is 11.4 Å². The zero-order valence-corrected chi connectivity index (χ0v) is 36.7. The molecule has 14 nitrogen and oxygen atoms in total. The number of hydrogen-bond donors (Lipinski definition) is 0. The van der Waals surface area contributed by atoms with Gasteiger partial charge in [0.25, 0.3) is 5.69 Å². The quantitative estimate of drug-likeness (QED) is 0.0383. The number of aromatic nitrogens is 5. The maximum atomic E-state index is 15.8. The number of aryl methyl sites for hydroxylation is 2. The van der Waals surface area contributed by atoms with Crippen molar-refractivity contribution in [3.05, 3.63) is 178 Å². The second-order valence-corrected chi connectivity index (χ2v) is 14.4. The van der Waals surface area contributed by atoms with Crippen molar-refractivity contribution in [3.8, 4) is 33.4 Å². The van der Waals surface area contributed by atoms with Gasteiger partial charge in [-0.25, -0.2) is 65.9 Å². The van der Waals surface area contributed by atoms with Crippen LogP contribution in [0.25, 0.3) is 66.5 Å². The predicted octanol–water partition coefficient (Wildman–Crippen LogP) is 10.7. The van der Waals surface area contributed by atoms with Crippen molar-refractivity contribution in [1.29, 1.82) is 0 Å². The second-order valence-electron chi connectivity index (χ2n) is 14.4. The van der Waals surface area contributed by atoms with E-state index < -0.39 is 210 Å². The largest absolute Gasteiger partial charge is 3.00 e. The molecule has 364 valence electrons. The van der Waals surface area contributed by atoms with Gasteiger partial charge in [0.2, 0.25) is 17.5 Å². The molecule has 72 heavy (non-hydrogen) atoms. The summed E-state index contributed by atoms with van der Waals surface area (Å²) in [6.45, 7) is 0. The molecule has 0 unspecified atom stereocenters. The van der Waals surface area contributed by atoms with E-state index >= 15 is 26.3 Å². The summed E-state index contributed by atoms with van der Waals surface area (Å²) in [5, 5.41) is 37.8. The molecule has 0 N–H and O–H groups in total. The molecular weight excluding hydrogens is 1070 g/mol. The molecule has 8 bridgehead atoms. The van der Waals surface area contributed by atoms with Crippen LogP contribution in [0.2, 0.25) is 0 Å². The van der Waals surface area contributed by atoms with Crippen LogP contribution in [-0.2, 0) is 12.8 Å². The monoisotopic (exact) mass is 1080 g/mol. The van der Waals surface area contributed by atoms with Crippen molar-refractivity contribution in [2.75, 3.05) is 0 Å². The van der Waals surface area contributed by atoms with Gasteiger partial charge in [0, 0.05) is 29.3 Å². The Bertz CT molecular complexity index is 3680. The Hall–Kier alpha value is -8.41. The molecule has 0 saturated carbocycles. The van der Waals surface area contributed by atoms with E-state index in [9.17, 15) is 69.9 Å². The van der Waals surface area contributed by atoms with E-state index in [0.717, 1.165) is 0 Å². The van der Waals surface area contributed by atoms with E-state index in [1.165, 1.54) is 0 Å². The van der Waals surface area contributed by atoms with Gasteiger partial charge in [0.1, 0.15) is 0 Å². The molecular formula is C42H12F15GaN8O6. The molecule has 0 saturated heterocycles. The van der Waals surface area contributed by atoms with Gasteiger partial charge in [0.15, 0.2) is 69.8 Å². The summed E-state index contributed by atoms with van der Waals surface area (Å²) < 4.78 is 227. The van der Waals surface area contributed by atoms with E-state index in [1.807, 2.05) is 18.2 Å². The average Bonchev–Trinajstić information content (AvgIpc) is 4.19. The molecule has 0 spiro atoms. The van der Waals surface area contributed by atoms with Crippen LogP contribution in [0.5, 0.6) is 0 Å². The third kappa shape index (κ3) is 8.05. The van der Waals surface area contributed by atoms with Gasteiger partial charge in [-0.3, -0.25) is 40.3 Å². The minimum absolute atomic E-state index is 0. The summed E-state index contributed by atoms with van der Waals surface area (Å²) in [6.07, 6.45) is 1.43. The van der Waals surface area contributed by atoms with Gasteiger partial charge in [-0.05, 0) is 53.2 Å². The first-order valence-corrected chi connectivity index (χ1v) is 18.9. The fraction of sp³-hybridized carbons (Fsp3) is 0.0476. The number of fused-ring (bicyclic) bond motifs is 9. The van der Waals surface area contributed by atoms with E-state index in [-0.39, 0.29) is 25.9 Å². The maximum absolute atomic E-state index is 15.8. The molecule has 3 aromatic carbocycles. The molecule has 0 radical (unpaired) electrons. The number of halogens is 15. The molecule has 5 aromatic heterocycles. The summed E-state index contributed by atoms with van der Waals surface area (Å²) >= 11 is 0. The fourth-order valence-corrected chi connectivity index (χ4v) is 7.48. The van der Waals surface area contributed by atoms with Crippen LogP contribution in [0.4, 0.5) is 82.9 Å². The molecule has 30 heteroatoms. The van der Waals surface area contributed by atoms with E-state index in [4.69, 9.17) is 0 Å². The van der Waals surface area contributed by atoms with Gasteiger partial charge < -0.3 is 15.0 Å². The molecule has 0 amide bonds. The van der Waals surface area contributed by atoms with Crippen molar-refractivity contribution >= 4 is 70.0 Å². The summed E-state index contributed by atoms with van der Waals surface area (Å²) in [7, 11) is 0. The SMILES string of the molecule is O=[N+]([O-])c1cc2[n-]c1c(-c1c(F)c(F)c(F)c(F)c1F)c1ccc([n-]1)c(-c1c(F)c(F)c(F)c(F)c1F)c1nc(c(-c3c(F)c(F)c(F)c(F)c3F)c3[n-]c2c([N+](=O)[O-])c3[N+](=O)[O-])CC1.[Ga+3].c1ccncc1. The molecule has 0 aliphatic carbocycles. The van der Waals surface area contributed by atoms with Gasteiger partial charge in [-0.15, -0.1) is 16.6 Å². The first-order valence-electron chi connectivity index (χ1n) is 18.9. The Kier molecular flexibility index (Phi) is 13.6. The summed E-state index contributed by atoms with van der Waals surface area (Å²) in [4.78, 5) is 51.6. The Balaban J connectivity index is 0.00000101. The van der Waals surface area contributed by atoms with Crippen LogP contribution in [-0.4, -0.2) is 44.5 Å². The molecule has 1 aliphatic rings. The molecule has 6 heterocycles. The van der Waals surface area contributed by atoms with Crippen molar-refractivity contribution in [1.82, 2.24) is 24.9 Å². The summed E-state index contributed by atoms with van der Waals surface area (Å²) in [5.41, 5.74) is -27.6. The Morgan fingerprint density at radius 3 is 1.17 bits per heavy atom. The van der Waals surface area contributed by atoms with Gasteiger partial charge >= 0.3 is 31.2 Å². The Labute approximate surface area is 398 Å². The number of benzene rings is 3. The Morgan fingerprint density at radius 2 is 0.778 bits per heavy atom. The second kappa shape index (κ2) is 19.1. The fourth-order valence-electron chi connectivity index (χ4n) is 7.48. The maximum Gasteiger partial charge on any atom is 3.00 e. The van der Waals surface area contributed by atoms with Crippen LogP contribution >= 0.6 is 0 Å². The van der Waals surface area contributed by atoms with Gasteiger partial charge in [-0.2, -0.15) is 0 Å². The van der Waals surface area contributed by atoms with E-state index in [1.54, 1.807) is 12.4 Å².